The van der Waals surface area contributed by atoms with E-state index in [0.29, 0.717) is 24.5 Å². The van der Waals surface area contributed by atoms with E-state index in [1.807, 2.05) is 0 Å². The highest BCUT2D eigenvalue weighted by Crippen LogP contribution is 2.39. The molecule has 1 aliphatic rings. The SMILES string of the molecule is Cc1nccc(C(O)C2(C#N)CCCOC2)n1. The van der Waals surface area contributed by atoms with E-state index in [4.69, 9.17) is 4.74 Å². The third kappa shape index (κ3) is 2.28. The summed E-state index contributed by atoms with van der Waals surface area (Å²) in [4.78, 5) is 8.15. The van der Waals surface area contributed by atoms with E-state index in [0.717, 1.165) is 6.42 Å². The van der Waals surface area contributed by atoms with Crippen LogP contribution in [0.1, 0.15) is 30.5 Å². The van der Waals surface area contributed by atoms with Crippen LogP contribution in [-0.2, 0) is 4.74 Å². The standard InChI is InChI=1S/C12H15N3O2/c1-9-14-5-3-10(15-9)11(16)12(7-13)4-2-6-17-8-12/h3,5,11,16H,2,4,6,8H2,1H3. The molecule has 2 unspecified atom stereocenters. The number of nitrogens with zero attached hydrogens (tertiary/aromatic N) is 3. The van der Waals surface area contributed by atoms with Gasteiger partial charge < -0.3 is 9.84 Å². The summed E-state index contributed by atoms with van der Waals surface area (Å²) >= 11 is 0. The molecule has 0 aromatic carbocycles. The van der Waals surface area contributed by atoms with Gasteiger partial charge in [0.1, 0.15) is 17.3 Å². The zero-order chi connectivity index (χ0) is 12.3. The van der Waals surface area contributed by atoms with E-state index in [-0.39, 0.29) is 6.61 Å². The molecule has 1 N–H and O–H groups in total. The summed E-state index contributed by atoms with van der Waals surface area (Å²) in [5.74, 6) is 0.589. The number of aliphatic hydroxyl groups excluding tert-OH is 1. The van der Waals surface area contributed by atoms with Gasteiger partial charge in [-0.15, -0.1) is 0 Å². The largest absolute Gasteiger partial charge is 0.385 e. The molecule has 0 spiro atoms. The zero-order valence-electron chi connectivity index (χ0n) is 9.76. The topological polar surface area (TPSA) is 79.0 Å². The predicted octanol–water partition coefficient (Wildman–Crippen LogP) is 1.14. The second kappa shape index (κ2) is 4.78. The fourth-order valence-corrected chi connectivity index (χ4v) is 2.09. The monoisotopic (exact) mass is 233 g/mol. The molecule has 0 radical (unpaired) electrons. The molecule has 5 nitrogen and oxygen atoms in total. The average molecular weight is 233 g/mol. The van der Waals surface area contributed by atoms with Crippen LogP contribution >= 0.6 is 0 Å². The Morgan fingerprint density at radius 2 is 2.47 bits per heavy atom. The molecule has 0 bridgehead atoms. The summed E-state index contributed by atoms with van der Waals surface area (Å²) < 4.78 is 5.32. The van der Waals surface area contributed by atoms with Crippen molar-refractivity contribution in [2.45, 2.75) is 25.9 Å². The first-order valence-corrected chi connectivity index (χ1v) is 5.64. The van der Waals surface area contributed by atoms with Gasteiger partial charge in [-0.2, -0.15) is 5.26 Å². The van der Waals surface area contributed by atoms with Crippen LogP contribution in [0.5, 0.6) is 0 Å². The third-order valence-corrected chi connectivity index (χ3v) is 3.09. The van der Waals surface area contributed by atoms with Crippen molar-refractivity contribution in [1.82, 2.24) is 9.97 Å². The van der Waals surface area contributed by atoms with Gasteiger partial charge in [0, 0.05) is 12.8 Å². The van der Waals surface area contributed by atoms with Gasteiger partial charge in [-0.25, -0.2) is 9.97 Å². The van der Waals surface area contributed by atoms with Crippen molar-refractivity contribution in [1.29, 1.82) is 5.26 Å². The van der Waals surface area contributed by atoms with E-state index >= 15 is 0 Å². The van der Waals surface area contributed by atoms with E-state index in [1.54, 1.807) is 19.2 Å². The summed E-state index contributed by atoms with van der Waals surface area (Å²) in [6.45, 7) is 2.67. The Kier molecular flexibility index (Phi) is 3.36. The molecule has 1 aromatic rings. The summed E-state index contributed by atoms with van der Waals surface area (Å²) in [6.07, 6.45) is 2.09. The smallest absolute Gasteiger partial charge is 0.125 e. The Balaban J connectivity index is 2.29. The van der Waals surface area contributed by atoms with Crippen LogP contribution in [0, 0.1) is 23.7 Å². The molecule has 0 amide bonds. The van der Waals surface area contributed by atoms with Gasteiger partial charge in [0.05, 0.1) is 18.4 Å². The summed E-state index contributed by atoms with van der Waals surface area (Å²) in [6, 6.07) is 3.84. The maximum Gasteiger partial charge on any atom is 0.125 e. The predicted molar refractivity (Wildman–Crippen MR) is 59.8 cm³/mol. The van der Waals surface area contributed by atoms with Crippen molar-refractivity contribution in [3.05, 3.63) is 23.8 Å². The van der Waals surface area contributed by atoms with Crippen molar-refractivity contribution in [3.8, 4) is 6.07 Å². The fourth-order valence-electron chi connectivity index (χ4n) is 2.09. The minimum Gasteiger partial charge on any atom is -0.385 e. The number of hydrogen-bond donors (Lipinski definition) is 1. The van der Waals surface area contributed by atoms with Crippen molar-refractivity contribution < 1.29 is 9.84 Å². The minimum atomic E-state index is -0.922. The van der Waals surface area contributed by atoms with E-state index in [1.165, 1.54) is 0 Å². The normalized spacial score (nSPS) is 26.2. The number of rotatable bonds is 2. The quantitative estimate of drug-likeness (QED) is 0.828. The highest BCUT2D eigenvalue weighted by molar-refractivity contribution is 5.16. The number of nitriles is 1. The minimum absolute atomic E-state index is 0.258. The van der Waals surface area contributed by atoms with Gasteiger partial charge >= 0.3 is 0 Å². The highest BCUT2D eigenvalue weighted by Gasteiger charge is 2.42. The molecule has 0 aliphatic carbocycles. The number of aromatic nitrogens is 2. The molecular formula is C12H15N3O2. The summed E-state index contributed by atoms with van der Waals surface area (Å²) in [5, 5.41) is 19.6. The molecular weight excluding hydrogens is 218 g/mol. The Morgan fingerprint density at radius 1 is 1.65 bits per heavy atom. The molecule has 1 saturated heterocycles. The van der Waals surface area contributed by atoms with Crippen molar-refractivity contribution in [2.75, 3.05) is 13.2 Å². The molecule has 1 aromatic heterocycles. The van der Waals surface area contributed by atoms with Crippen LogP contribution in [0.15, 0.2) is 12.3 Å². The molecule has 0 saturated carbocycles. The van der Waals surface area contributed by atoms with Crippen molar-refractivity contribution >= 4 is 0 Å². The van der Waals surface area contributed by atoms with E-state index in [9.17, 15) is 10.4 Å². The molecule has 2 heterocycles. The lowest BCUT2D eigenvalue weighted by molar-refractivity contribution is -0.0522. The highest BCUT2D eigenvalue weighted by atomic mass is 16.5. The number of aryl methyl sites for hydroxylation is 1. The maximum atomic E-state index is 10.3. The van der Waals surface area contributed by atoms with Crippen molar-refractivity contribution in [3.63, 3.8) is 0 Å². The summed E-state index contributed by atoms with van der Waals surface area (Å²) in [7, 11) is 0. The number of hydrogen-bond acceptors (Lipinski definition) is 5. The van der Waals surface area contributed by atoms with Crippen LogP contribution in [0.2, 0.25) is 0 Å². The van der Waals surface area contributed by atoms with Gasteiger partial charge in [0.2, 0.25) is 0 Å². The second-order valence-electron chi connectivity index (χ2n) is 4.36. The van der Waals surface area contributed by atoms with Crippen molar-refractivity contribution in [2.24, 2.45) is 5.41 Å². The first kappa shape index (κ1) is 12.0. The molecule has 2 atom stereocenters. The van der Waals surface area contributed by atoms with Crippen LogP contribution in [0.3, 0.4) is 0 Å². The molecule has 17 heavy (non-hydrogen) atoms. The van der Waals surface area contributed by atoms with Gasteiger partial charge in [0.25, 0.3) is 0 Å². The molecule has 5 heteroatoms. The fraction of sp³-hybridized carbons (Fsp3) is 0.583. The number of aliphatic hydroxyl groups is 1. The lowest BCUT2D eigenvalue weighted by Gasteiger charge is -2.34. The second-order valence-corrected chi connectivity index (χ2v) is 4.36. The third-order valence-electron chi connectivity index (χ3n) is 3.09. The molecule has 2 rings (SSSR count). The summed E-state index contributed by atoms with van der Waals surface area (Å²) in [5.41, 5.74) is -0.386. The lowest BCUT2D eigenvalue weighted by atomic mass is 9.77. The molecule has 90 valence electrons. The van der Waals surface area contributed by atoms with Crippen LogP contribution in [0.4, 0.5) is 0 Å². The van der Waals surface area contributed by atoms with Gasteiger partial charge in [-0.3, -0.25) is 0 Å². The van der Waals surface area contributed by atoms with Gasteiger partial charge in [-0.1, -0.05) is 0 Å². The molecule has 1 fully saturated rings. The Morgan fingerprint density at radius 3 is 3.06 bits per heavy atom. The van der Waals surface area contributed by atoms with Crippen LogP contribution in [-0.4, -0.2) is 28.3 Å². The van der Waals surface area contributed by atoms with E-state index in [2.05, 4.69) is 16.0 Å². The molecule has 1 aliphatic heterocycles. The maximum absolute atomic E-state index is 10.3. The average Bonchev–Trinajstić information content (AvgIpc) is 2.38. The van der Waals surface area contributed by atoms with E-state index < -0.39 is 11.5 Å². The van der Waals surface area contributed by atoms with Crippen LogP contribution < -0.4 is 0 Å². The first-order valence-electron chi connectivity index (χ1n) is 5.64. The zero-order valence-corrected chi connectivity index (χ0v) is 9.76. The number of ether oxygens (including phenoxy) is 1. The Hall–Kier alpha value is -1.51. The van der Waals surface area contributed by atoms with Crippen LogP contribution in [0.25, 0.3) is 0 Å². The van der Waals surface area contributed by atoms with Gasteiger partial charge in [-0.05, 0) is 25.8 Å². The lowest BCUT2D eigenvalue weighted by Crippen LogP contribution is -2.36. The first-order chi connectivity index (χ1) is 8.18. The Labute approximate surface area is 100 Å². The Bertz CT molecular complexity index is 436. The van der Waals surface area contributed by atoms with Gasteiger partial charge in [0.15, 0.2) is 0 Å².